The van der Waals surface area contributed by atoms with Gasteiger partial charge in [-0.05, 0) is 74.4 Å². The highest BCUT2D eigenvalue weighted by atomic mass is 32.1. The van der Waals surface area contributed by atoms with E-state index in [0.717, 1.165) is 62.5 Å². The average Bonchev–Trinajstić information content (AvgIpc) is 3.30. The number of ether oxygens (including phenoxy) is 4. The summed E-state index contributed by atoms with van der Waals surface area (Å²) in [5, 5.41) is 0. The van der Waals surface area contributed by atoms with Crippen molar-refractivity contribution in [3.63, 3.8) is 0 Å². The van der Waals surface area contributed by atoms with Crippen LogP contribution in [-0.4, -0.2) is 27.4 Å². The highest BCUT2D eigenvalue weighted by molar-refractivity contribution is 7.16. The van der Waals surface area contributed by atoms with E-state index in [0.29, 0.717) is 18.4 Å². The molecule has 2 atom stereocenters. The Labute approximate surface area is 247 Å². The maximum Gasteiger partial charge on any atom is 0.179 e. The summed E-state index contributed by atoms with van der Waals surface area (Å²) in [6, 6.07) is 13.0. The number of aryl methyl sites for hydroxylation is 2. The zero-order valence-corrected chi connectivity index (χ0v) is 26.8. The molecular weight excluding hydrogens is 516 g/mol. The molecule has 0 aliphatic rings. The first-order chi connectivity index (χ1) is 19.4. The van der Waals surface area contributed by atoms with Gasteiger partial charge in [0.2, 0.25) is 0 Å². The quantitative estimate of drug-likeness (QED) is 0.163. The molecule has 5 heteroatoms. The van der Waals surface area contributed by atoms with Gasteiger partial charge in [-0.25, -0.2) is 0 Å². The number of hydrogen-bond acceptors (Lipinski definition) is 5. The van der Waals surface area contributed by atoms with Gasteiger partial charge in [0, 0.05) is 16.0 Å². The van der Waals surface area contributed by atoms with Crippen LogP contribution in [-0.2, 0) is 0 Å². The van der Waals surface area contributed by atoms with Crippen LogP contribution in [0, 0.1) is 25.7 Å². The number of benzene rings is 2. The van der Waals surface area contributed by atoms with Gasteiger partial charge >= 0.3 is 0 Å². The van der Waals surface area contributed by atoms with Gasteiger partial charge in [0.05, 0.1) is 32.3 Å². The van der Waals surface area contributed by atoms with Crippen LogP contribution in [0.2, 0.25) is 0 Å². The average molecular weight is 567 g/mol. The van der Waals surface area contributed by atoms with Gasteiger partial charge in [0.25, 0.3) is 0 Å². The Hall–Kier alpha value is -2.66. The second-order valence-corrected chi connectivity index (χ2v) is 12.3. The molecule has 0 bridgehead atoms. The third-order valence-corrected chi connectivity index (χ3v) is 8.77. The molecule has 2 unspecified atom stereocenters. The summed E-state index contributed by atoms with van der Waals surface area (Å²) in [4.78, 5) is 2.15. The number of rotatable bonds is 17. The van der Waals surface area contributed by atoms with E-state index in [9.17, 15) is 0 Å². The minimum absolute atomic E-state index is 0.494. The summed E-state index contributed by atoms with van der Waals surface area (Å²) < 4.78 is 24.6. The number of unbranched alkanes of at least 4 members (excludes halogenated alkanes) is 2. The zero-order valence-electron chi connectivity index (χ0n) is 26.0. The molecule has 0 aliphatic heterocycles. The first-order valence-electron chi connectivity index (χ1n) is 15.1. The third kappa shape index (κ3) is 8.19. The largest absolute Gasteiger partial charge is 0.493 e. The van der Waals surface area contributed by atoms with Gasteiger partial charge in [-0.1, -0.05) is 71.4 Å². The van der Waals surface area contributed by atoms with Crippen LogP contribution in [0.5, 0.6) is 23.0 Å². The fourth-order valence-electron chi connectivity index (χ4n) is 5.08. The monoisotopic (exact) mass is 566 g/mol. The van der Waals surface area contributed by atoms with Gasteiger partial charge in [0.15, 0.2) is 11.5 Å². The van der Waals surface area contributed by atoms with Crippen LogP contribution in [0.4, 0.5) is 0 Å². The molecule has 3 rings (SSSR count). The summed E-state index contributed by atoms with van der Waals surface area (Å²) in [5.41, 5.74) is 4.39. The maximum atomic E-state index is 6.56. The molecule has 0 radical (unpaired) electrons. The van der Waals surface area contributed by atoms with Crippen LogP contribution < -0.4 is 18.9 Å². The second-order valence-electron chi connectivity index (χ2n) is 11.1. The number of methoxy groups -OCH3 is 2. The minimum atomic E-state index is 0.494. The summed E-state index contributed by atoms with van der Waals surface area (Å²) in [5.74, 6) is 4.43. The van der Waals surface area contributed by atoms with Gasteiger partial charge < -0.3 is 18.9 Å². The van der Waals surface area contributed by atoms with Crippen LogP contribution in [0.15, 0.2) is 36.4 Å². The Morgan fingerprint density at radius 2 is 1.38 bits per heavy atom. The fourth-order valence-corrected chi connectivity index (χ4v) is 6.17. The SMILES string of the molecule is CCCCC(C)COc1ccc(-c2sc(C)c(OC)c2OC)cc1-c1cc(C)ccc1OCC(CC)CCCC. The Morgan fingerprint density at radius 1 is 0.750 bits per heavy atom. The molecule has 220 valence electrons. The molecule has 1 heterocycles. The molecule has 2 aromatic carbocycles. The second kappa shape index (κ2) is 16.0. The Bertz CT molecular complexity index is 1200. The van der Waals surface area contributed by atoms with Crippen molar-refractivity contribution in [1.82, 2.24) is 0 Å². The molecule has 0 N–H and O–H groups in total. The lowest BCUT2D eigenvalue weighted by molar-refractivity contribution is 0.233. The van der Waals surface area contributed by atoms with Crippen molar-refractivity contribution in [2.45, 2.75) is 86.5 Å². The molecule has 0 spiro atoms. The van der Waals surface area contributed by atoms with Crippen molar-refractivity contribution >= 4 is 11.3 Å². The molecule has 0 saturated carbocycles. The first kappa shape index (κ1) is 31.9. The molecule has 0 fully saturated rings. The molecule has 1 aromatic heterocycles. The van der Waals surface area contributed by atoms with Crippen molar-refractivity contribution in [3.05, 3.63) is 46.8 Å². The molecule has 0 aliphatic carbocycles. The van der Waals surface area contributed by atoms with Gasteiger partial charge in [-0.2, -0.15) is 0 Å². The highest BCUT2D eigenvalue weighted by Crippen LogP contribution is 2.49. The topological polar surface area (TPSA) is 36.9 Å². The number of thiophene rings is 1. The molecule has 3 aromatic rings. The van der Waals surface area contributed by atoms with Crippen LogP contribution >= 0.6 is 11.3 Å². The summed E-state index contributed by atoms with van der Waals surface area (Å²) in [7, 11) is 3.41. The van der Waals surface area contributed by atoms with Gasteiger partial charge in [-0.3, -0.25) is 0 Å². The van der Waals surface area contributed by atoms with Crippen molar-refractivity contribution in [1.29, 1.82) is 0 Å². The highest BCUT2D eigenvalue weighted by Gasteiger charge is 2.22. The van der Waals surface area contributed by atoms with Gasteiger partial charge in [-0.15, -0.1) is 11.3 Å². The van der Waals surface area contributed by atoms with Crippen molar-refractivity contribution in [3.8, 4) is 44.6 Å². The summed E-state index contributed by atoms with van der Waals surface area (Å²) in [6.07, 6.45) is 8.38. The number of hydrogen-bond donors (Lipinski definition) is 0. The lowest BCUT2D eigenvalue weighted by atomic mass is 9.97. The van der Waals surface area contributed by atoms with E-state index in [1.807, 2.05) is 0 Å². The third-order valence-electron chi connectivity index (χ3n) is 7.65. The standard InChI is InChI=1S/C35H50O4S/c1-9-12-14-25(5)22-38-32-19-17-28(35-34(37-8)33(36-7)26(6)40-35)21-30(32)29-20-24(4)16-18-31(29)39-23-27(11-3)15-13-10-2/h16-21,25,27H,9-15,22-23H2,1-8H3. The predicted octanol–water partition coefficient (Wildman–Crippen LogP) is 10.5. The lowest BCUT2D eigenvalue weighted by Gasteiger charge is -2.21. The Morgan fingerprint density at radius 3 is 2.02 bits per heavy atom. The van der Waals surface area contributed by atoms with Crippen molar-refractivity contribution < 1.29 is 18.9 Å². The van der Waals surface area contributed by atoms with Crippen molar-refractivity contribution in [2.75, 3.05) is 27.4 Å². The molecule has 40 heavy (non-hydrogen) atoms. The van der Waals surface area contributed by atoms with E-state index in [1.54, 1.807) is 25.6 Å². The Balaban J connectivity index is 2.07. The molecule has 4 nitrogen and oxygen atoms in total. The van der Waals surface area contributed by atoms with E-state index < -0.39 is 0 Å². The van der Waals surface area contributed by atoms with E-state index in [-0.39, 0.29) is 0 Å². The lowest BCUT2D eigenvalue weighted by Crippen LogP contribution is -2.12. The van der Waals surface area contributed by atoms with E-state index >= 15 is 0 Å². The minimum Gasteiger partial charge on any atom is -0.493 e. The van der Waals surface area contributed by atoms with Gasteiger partial charge in [0.1, 0.15) is 11.5 Å². The van der Waals surface area contributed by atoms with E-state index in [2.05, 4.69) is 77.9 Å². The van der Waals surface area contributed by atoms with Crippen LogP contribution in [0.3, 0.4) is 0 Å². The molecule has 0 saturated heterocycles. The van der Waals surface area contributed by atoms with Crippen LogP contribution in [0.1, 0.15) is 83.1 Å². The van der Waals surface area contributed by atoms with E-state index in [1.165, 1.54) is 44.1 Å². The predicted molar refractivity (Wildman–Crippen MR) is 171 cm³/mol. The molecular formula is C35H50O4S. The zero-order chi connectivity index (χ0) is 29.1. The summed E-state index contributed by atoms with van der Waals surface area (Å²) >= 11 is 1.69. The Kier molecular flexibility index (Phi) is 12.7. The van der Waals surface area contributed by atoms with Crippen molar-refractivity contribution in [2.24, 2.45) is 11.8 Å². The maximum absolute atomic E-state index is 6.56. The summed E-state index contributed by atoms with van der Waals surface area (Å²) in [6.45, 7) is 14.7. The normalized spacial score (nSPS) is 12.7. The van der Waals surface area contributed by atoms with E-state index in [4.69, 9.17) is 18.9 Å². The fraction of sp³-hybridized carbons (Fsp3) is 0.543. The van der Waals surface area contributed by atoms with Crippen LogP contribution in [0.25, 0.3) is 21.6 Å². The molecule has 0 amide bonds. The first-order valence-corrected chi connectivity index (χ1v) is 15.9. The smallest absolute Gasteiger partial charge is 0.179 e.